The van der Waals surface area contributed by atoms with Gasteiger partial charge in [-0.25, -0.2) is 28.1 Å². The summed E-state index contributed by atoms with van der Waals surface area (Å²) >= 11 is 12.1. The lowest BCUT2D eigenvalue weighted by atomic mass is 9.97. The smallest absolute Gasteiger partial charge is 0.267 e. The number of morpholine rings is 1. The molecule has 1 amide bonds. The number of aromatic nitrogens is 1. The zero-order valence-electron chi connectivity index (χ0n) is 21.6. The molecular formula is C26H33Cl2N5O5S. The summed E-state index contributed by atoms with van der Waals surface area (Å²) in [4.78, 5) is 19.2. The first-order valence-corrected chi connectivity index (χ1v) is 15.5. The van der Waals surface area contributed by atoms with Crippen molar-refractivity contribution in [2.24, 2.45) is 5.92 Å². The molecule has 2 aromatic rings. The fourth-order valence-electron chi connectivity index (χ4n) is 5.27. The van der Waals surface area contributed by atoms with E-state index in [0.29, 0.717) is 73.8 Å². The molecule has 39 heavy (non-hydrogen) atoms. The van der Waals surface area contributed by atoms with Crippen LogP contribution in [0.15, 0.2) is 41.4 Å². The molecule has 212 valence electrons. The van der Waals surface area contributed by atoms with Gasteiger partial charge in [0, 0.05) is 57.4 Å². The van der Waals surface area contributed by atoms with E-state index in [4.69, 9.17) is 32.7 Å². The molecule has 3 aliphatic heterocycles. The van der Waals surface area contributed by atoms with E-state index < -0.39 is 15.9 Å². The molecule has 0 bridgehead atoms. The number of nitrogens with zero attached hydrogens (tertiary/aromatic N) is 4. The van der Waals surface area contributed by atoms with Gasteiger partial charge in [0.1, 0.15) is 22.6 Å². The van der Waals surface area contributed by atoms with Gasteiger partial charge in [0.2, 0.25) is 5.91 Å². The summed E-state index contributed by atoms with van der Waals surface area (Å²) < 4.78 is 40.2. The number of anilines is 1. The molecule has 0 saturated carbocycles. The summed E-state index contributed by atoms with van der Waals surface area (Å²) in [5.74, 6) is 0.241. The van der Waals surface area contributed by atoms with E-state index in [0.717, 1.165) is 25.9 Å². The maximum absolute atomic E-state index is 13.2. The number of piperidine rings is 2. The number of sulfonamides is 1. The largest absolute Gasteiger partial charge is 0.490 e. The first-order chi connectivity index (χ1) is 18.8. The van der Waals surface area contributed by atoms with E-state index >= 15 is 0 Å². The average Bonchev–Trinajstić information content (AvgIpc) is 2.96. The number of carbonyl (C=O) groups excluding carboxylic acids is 1. The number of nitrogens with one attached hydrogen (secondary N) is 1. The number of pyridine rings is 1. The Morgan fingerprint density at radius 1 is 0.949 bits per heavy atom. The van der Waals surface area contributed by atoms with E-state index in [1.807, 2.05) is 11.0 Å². The Balaban J connectivity index is 1.10. The summed E-state index contributed by atoms with van der Waals surface area (Å²) in [6.07, 6.45) is 4.57. The van der Waals surface area contributed by atoms with Crippen molar-refractivity contribution in [3.63, 3.8) is 0 Å². The molecule has 0 aliphatic carbocycles. The van der Waals surface area contributed by atoms with Gasteiger partial charge in [0.15, 0.2) is 0 Å². The van der Waals surface area contributed by atoms with E-state index in [2.05, 4.69) is 19.7 Å². The number of rotatable bonds is 7. The number of halogens is 2. The molecule has 10 nitrogen and oxygen atoms in total. The number of hydrogen-bond acceptors (Lipinski definition) is 9. The maximum atomic E-state index is 13.2. The molecular weight excluding hydrogens is 565 g/mol. The van der Waals surface area contributed by atoms with Gasteiger partial charge in [-0.1, -0.05) is 23.2 Å². The Morgan fingerprint density at radius 2 is 1.62 bits per heavy atom. The molecule has 4 heterocycles. The molecule has 3 fully saturated rings. The molecule has 1 aromatic carbocycles. The number of hydrazine groups is 1. The zero-order chi connectivity index (χ0) is 27.4. The minimum atomic E-state index is -4.06. The lowest BCUT2D eigenvalue weighted by Gasteiger charge is -2.42. The predicted octanol–water partition coefficient (Wildman–Crippen LogP) is 3.20. The van der Waals surface area contributed by atoms with Crippen LogP contribution in [0.4, 0.5) is 5.82 Å². The van der Waals surface area contributed by atoms with Gasteiger partial charge in [-0.15, -0.1) is 0 Å². The van der Waals surface area contributed by atoms with Crippen LogP contribution < -0.4 is 14.4 Å². The number of carbonyl (C=O) groups is 1. The minimum absolute atomic E-state index is 0.0173. The topological polar surface area (TPSA) is 104 Å². The lowest BCUT2D eigenvalue weighted by molar-refractivity contribution is -0.128. The summed E-state index contributed by atoms with van der Waals surface area (Å²) in [5, 5.41) is 5.56. The first kappa shape index (κ1) is 28.4. The van der Waals surface area contributed by atoms with Gasteiger partial charge in [-0.05, 0) is 49.9 Å². The third-order valence-electron chi connectivity index (χ3n) is 7.44. The lowest BCUT2D eigenvalue weighted by Crippen LogP contribution is -2.52. The second-order valence-electron chi connectivity index (χ2n) is 9.97. The molecule has 1 N–H and O–H groups in total. The fourth-order valence-corrected chi connectivity index (χ4v) is 6.78. The van der Waals surface area contributed by atoms with Crippen LogP contribution in [0.5, 0.6) is 5.75 Å². The number of benzene rings is 1. The molecule has 5 rings (SSSR count). The predicted molar refractivity (Wildman–Crippen MR) is 149 cm³/mol. The average molecular weight is 599 g/mol. The van der Waals surface area contributed by atoms with Crippen LogP contribution in [0.3, 0.4) is 0 Å². The van der Waals surface area contributed by atoms with E-state index in [1.54, 1.807) is 24.4 Å². The highest BCUT2D eigenvalue weighted by atomic mass is 35.5. The van der Waals surface area contributed by atoms with Crippen LogP contribution in [0.25, 0.3) is 0 Å². The van der Waals surface area contributed by atoms with Crippen molar-refractivity contribution in [1.82, 2.24) is 19.7 Å². The highest BCUT2D eigenvalue weighted by Crippen LogP contribution is 2.29. The third kappa shape index (κ3) is 6.96. The zero-order valence-corrected chi connectivity index (χ0v) is 23.9. The van der Waals surface area contributed by atoms with Gasteiger partial charge in [0.05, 0.1) is 23.3 Å². The molecule has 1 aromatic heterocycles. The van der Waals surface area contributed by atoms with Gasteiger partial charge < -0.3 is 14.4 Å². The van der Waals surface area contributed by atoms with Crippen LogP contribution in [-0.4, -0.2) is 87.9 Å². The Labute approximate surface area is 239 Å². The van der Waals surface area contributed by atoms with Crippen molar-refractivity contribution >= 4 is 45.0 Å². The minimum Gasteiger partial charge on any atom is -0.490 e. The Bertz CT molecular complexity index is 1260. The normalized spacial score (nSPS) is 20.6. The molecule has 0 atom stereocenters. The second kappa shape index (κ2) is 12.6. The van der Waals surface area contributed by atoms with Crippen molar-refractivity contribution < 1.29 is 22.7 Å². The standard InChI is InChI=1S/C26H33Cl2N5O5S/c27-22-4-3-21(18-23(22)28)38-20-7-12-33(13-8-20)32-10-5-19(6-11-32)26(34)30-39(35,36)24-2-1-9-29-25(24)31-14-16-37-17-15-31/h1-4,9,18-20H,5-8,10-17H2,(H,30,34). The molecule has 0 spiro atoms. The second-order valence-corrected chi connectivity index (χ2v) is 12.4. The summed E-state index contributed by atoms with van der Waals surface area (Å²) in [6.45, 7) is 5.19. The Hall–Kier alpha value is -2.15. The molecule has 3 saturated heterocycles. The Morgan fingerprint density at radius 3 is 2.28 bits per heavy atom. The van der Waals surface area contributed by atoms with Gasteiger partial charge >= 0.3 is 0 Å². The fraction of sp³-hybridized carbons (Fsp3) is 0.538. The number of hydrogen-bond donors (Lipinski definition) is 1. The van der Waals surface area contributed by atoms with E-state index in [1.165, 1.54) is 6.07 Å². The van der Waals surface area contributed by atoms with Crippen molar-refractivity contribution in [3.05, 3.63) is 46.6 Å². The summed E-state index contributed by atoms with van der Waals surface area (Å²) in [6, 6.07) is 8.36. The van der Waals surface area contributed by atoms with Crippen LogP contribution in [-0.2, 0) is 19.6 Å². The van der Waals surface area contributed by atoms with E-state index in [-0.39, 0.29) is 16.9 Å². The molecule has 13 heteroatoms. The van der Waals surface area contributed by atoms with Crippen molar-refractivity contribution in [2.75, 3.05) is 57.4 Å². The van der Waals surface area contributed by atoms with Crippen LogP contribution in [0, 0.1) is 5.92 Å². The van der Waals surface area contributed by atoms with Gasteiger partial charge in [-0.3, -0.25) is 4.79 Å². The molecule has 0 unspecified atom stereocenters. The Kier molecular flexibility index (Phi) is 9.15. The van der Waals surface area contributed by atoms with Crippen molar-refractivity contribution in [1.29, 1.82) is 0 Å². The number of ether oxygens (including phenoxy) is 2. The molecule has 0 radical (unpaired) electrons. The third-order valence-corrected chi connectivity index (χ3v) is 9.55. The highest BCUT2D eigenvalue weighted by Gasteiger charge is 2.33. The first-order valence-electron chi connectivity index (χ1n) is 13.3. The van der Waals surface area contributed by atoms with Crippen LogP contribution in [0.1, 0.15) is 25.7 Å². The number of amides is 1. The molecule has 3 aliphatic rings. The van der Waals surface area contributed by atoms with Crippen LogP contribution in [0.2, 0.25) is 10.0 Å². The SMILES string of the molecule is O=C(NS(=O)(=O)c1cccnc1N1CCOCC1)C1CCN(N2CCC(Oc3ccc(Cl)c(Cl)c3)CC2)CC1. The summed E-state index contributed by atoms with van der Waals surface area (Å²) in [7, 11) is -4.06. The van der Waals surface area contributed by atoms with Crippen molar-refractivity contribution in [2.45, 2.75) is 36.7 Å². The van der Waals surface area contributed by atoms with Gasteiger partial charge in [0.25, 0.3) is 10.0 Å². The monoisotopic (exact) mass is 597 g/mol. The van der Waals surface area contributed by atoms with Gasteiger partial charge in [-0.2, -0.15) is 0 Å². The van der Waals surface area contributed by atoms with Crippen LogP contribution >= 0.6 is 23.2 Å². The van der Waals surface area contributed by atoms with Crippen molar-refractivity contribution in [3.8, 4) is 5.75 Å². The van der Waals surface area contributed by atoms with E-state index in [9.17, 15) is 13.2 Å². The summed E-state index contributed by atoms with van der Waals surface area (Å²) in [5.41, 5.74) is 0. The maximum Gasteiger partial charge on any atom is 0.267 e. The highest BCUT2D eigenvalue weighted by molar-refractivity contribution is 7.90. The quantitative estimate of drug-likeness (QED) is 0.515.